The molecule has 2 heterocycles. The molecule has 0 radical (unpaired) electrons. The van der Waals surface area contributed by atoms with Gasteiger partial charge in [0, 0.05) is 11.8 Å². The molecule has 0 atom stereocenters. The van der Waals surface area contributed by atoms with Gasteiger partial charge in [-0.25, -0.2) is 4.79 Å². The fourth-order valence-electron chi connectivity index (χ4n) is 2.12. The number of carbonyl (C=O) groups excluding carboxylic acids is 1. The van der Waals surface area contributed by atoms with Crippen molar-refractivity contribution in [2.75, 3.05) is 5.32 Å². The van der Waals surface area contributed by atoms with E-state index in [1.807, 2.05) is 0 Å². The summed E-state index contributed by atoms with van der Waals surface area (Å²) in [5.41, 5.74) is 1.58. The third-order valence-corrected chi connectivity index (χ3v) is 3.93. The molecule has 0 spiro atoms. The van der Waals surface area contributed by atoms with E-state index in [0.717, 1.165) is 0 Å². The van der Waals surface area contributed by atoms with E-state index in [2.05, 4.69) is 20.6 Å². The first-order chi connectivity index (χ1) is 12.6. The van der Waals surface area contributed by atoms with E-state index in [-0.39, 0.29) is 5.69 Å². The maximum absolute atomic E-state index is 12.0. The molecule has 9 heteroatoms. The first kappa shape index (κ1) is 17.9. The van der Waals surface area contributed by atoms with Gasteiger partial charge in [-0.15, -0.1) is 0 Å². The number of halogens is 2. The Morgan fingerprint density at radius 2 is 2.00 bits per heavy atom. The second-order valence-electron chi connectivity index (χ2n) is 5.05. The summed E-state index contributed by atoms with van der Waals surface area (Å²) in [5, 5.41) is 10.8. The van der Waals surface area contributed by atoms with E-state index in [4.69, 9.17) is 32.6 Å². The Kier molecular flexibility index (Phi) is 5.50. The molecule has 0 fully saturated rings. The number of anilines is 1. The summed E-state index contributed by atoms with van der Waals surface area (Å²) < 4.78 is 5.15. The summed E-state index contributed by atoms with van der Waals surface area (Å²) in [6.07, 6.45) is 2.08. The molecule has 3 rings (SSSR count). The van der Waals surface area contributed by atoms with Crippen molar-refractivity contribution < 1.29 is 14.2 Å². The molecule has 132 valence electrons. The van der Waals surface area contributed by atoms with Crippen LogP contribution in [-0.4, -0.2) is 22.4 Å². The number of nitrogens with zero attached hydrogens (tertiary/aromatic N) is 3. The van der Waals surface area contributed by atoms with Gasteiger partial charge in [0.15, 0.2) is 5.76 Å². The van der Waals surface area contributed by atoms with E-state index >= 15 is 0 Å². The van der Waals surface area contributed by atoms with Crippen molar-refractivity contribution in [3.05, 3.63) is 64.1 Å². The Bertz CT molecular complexity index is 938. The number of aryl methyl sites for hydroxylation is 1. The fourth-order valence-corrected chi connectivity index (χ4v) is 2.70. The smallest absolute Gasteiger partial charge is 0.359 e. The van der Waals surface area contributed by atoms with Gasteiger partial charge in [0.1, 0.15) is 11.4 Å². The highest BCUT2D eigenvalue weighted by Gasteiger charge is 2.21. The van der Waals surface area contributed by atoms with E-state index in [1.54, 1.807) is 49.5 Å². The van der Waals surface area contributed by atoms with Crippen molar-refractivity contribution in [1.82, 2.24) is 10.1 Å². The van der Waals surface area contributed by atoms with Crippen LogP contribution in [-0.2, 0) is 4.84 Å². The van der Waals surface area contributed by atoms with Gasteiger partial charge in [-0.05, 0) is 31.2 Å². The fraction of sp³-hybridized carbons (Fsp3) is 0.0588. The van der Waals surface area contributed by atoms with Gasteiger partial charge in [-0.3, -0.25) is 15.1 Å². The van der Waals surface area contributed by atoms with Gasteiger partial charge in [-0.1, -0.05) is 45.6 Å². The van der Waals surface area contributed by atoms with Crippen LogP contribution in [0.1, 0.15) is 11.5 Å². The Hall–Kier alpha value is -2.90. The molecule has 0 saturated carbocycles. The molecule has 0 bridgehead atoms. The molecule has 3 aromatic rings. The van der Waals surface area contributed by atoms with Crippen LogP contribution in [0.25, 0.3) is 11.3 Å². The number of rotatable bonds is 4. The van der Waals surface area contributed by atoms with E-state index < -0.39 is 6.09 Å². The number of amides is 1. The molecule has 0 aliphatic rings. The lowest BCUT2D eigenvalue weighted by atomic mass is 10.1. The maximum Gasteiger partial charge on any atom is 0.438 e. The molecule has 1 amide bonds. The summed E-state index contributed by atoms with van der Waals surface area (Å²) >= 11 is 12.4. The first-order valence-corrected chi connectivity index (χ1v) is 8.15. The summed E-state index contributed by atoms with van der Waals surface area (Å²) in [4.78, 5) is 20.8. The van der Waals surface area contributed by atoms with Gasteiger partial charge >= 0.3 is 6.09 Å². The highest BCUT2D eigenvalue weighted by Crippen LogP contribution is 2.39. The largest absolute Gasteiger partial charge is 0.438 e. The molecular weight excluding hydrogens is 379 g/mol. The van der Waals surface area contributed by atoms with E-state index in [0.29, 0.717) is 32.8 Å². The van der Waals surface area contributed by atoms with Crippen molar-refractivity contribution in [3.8, 4) is 11.3 Å². The Morgan fingerprint density at radius 1 is 1.23 bits per heavy atom. The number of nitrogens with one attached hydrogen (secondary N) is 1. The Labute approximate surface area is 158 Å². The average Bonchev–Trinajstić information content (AvgIpc) is 2.96. The van der Waals surface area contributed by atoms with Crippen LogP contribution in [0.2, 0.25) is 10.0 Å². The van der Waals surface area contributed by atoms with Crippen LogP contribution >= 0.6 is 23.2 Å². The molecule has 0 saturated heterocycles. The summed E-state index contributed by atoms with van der Waals surface area (Å²) in [6.45, 7) is 1.63. The standard InChI is InChI=1S/C17H12Cl2N4O3/c1-10-15(16(23-25-10)14-12(18)6-4-7-13(14)19)22-17(24)26-21-9-11-5-2-3-8-20-11/h2-9H,1H3,(H,22,24). The summed E-state index contributed by atoms with van der Waals surface area (Å²) in [7, 11) is 0. The molecule has 1 aromatic carbocycles. The zero-order valence-corrected chi connectivity index (χ0v) is 15.0. The van der Waals surface area contributed by atoms with E-state index in [1.165, 1.54) is 6.21 Å². The molecule has 7 nitrogen and oxygen atoms in total. The van der Waals surface area contributed by atoms with Crippen LogP contribution in [0.3, 0.4) is 0 Å². The number of aromatic nitrogens is 2. The predicted molar refractivity (Wildman–Crippen MR) is 98.6 cm³/mol. The van der Waals surface area contributed by atoms with Crippen molar-refractivity contribution in [2.24, 2.45) is 5.16 Å². The van der Waals surface area contributed by atoms with Gasteiger partial charge < -0.3 is 4.52 Å². The van der Waals surface area contributed by atoms with Crippen molar-refractivity contribution in [3.63, 3.8) is 0 Å². The number of benzene rings is 1. The maximum atomic E-state index is 12.0. The number of oxime groups is 1. The van der Waals surface area contributed by atoms with Crippen LogP contribution in [0, 0.1) is 6.92 Å². The van der Waals surface area contributed by atoms with Crippen molar-refractivity contribution in [1.29, 1.82) is 0 Å². The normalized spacial score (nSPS) is 10.9. The summed E-state index contributed by atoms with van der Waals surface area (Å²) in [5.74, 6) is 0.363. The monoisotopic (exact) mass is 390 g/mol. The highest BCUT2D eigenvalue weighted by atomic mass is 35.5. The van der Waals surface area contributed by atoms with Gasteiger partial charge in [-0.2, -0.15) is 0 Å². The summed E-state index contributed by atoms with van der Waals surface area (Å²) in [6, 6.07) is 10.3. The molecule has 0 unspecified atom stereocenters. The predicted octanol–water partition coefficient (Wildman–Crippen LogP) is 4.93. The lowest BCUT2D eigenvalue weighted by Crippen LogP contribution is -2.12. The zero-order chi connectivity index (χ0) is 18.5. The minimum Gasteiger partial charge on any atom is -0.359 e. The molecule has 26 heavy (non-hydrogen) atoms. The zero-order valence-electron chi connectivity index (χ0n) is 13.4. The molecule has 0 aliphatic heterocycles. The second-order valence-corrected chi connectivity index (χ2v) is 5.87. The second kappa shape index (κ2) is 7.99. The van der Waals surface area contributed by atoms with Crippen LogP contribution in [0.15, 0.2) is 52.3 Å². The van der Waals surface area contributed by atoms with Crippen LogP contribution in [0.5, 0.6) is 0 Å². The van der Waals surface area contributed by atoms with Gasteiger partial charge in [0.05, 0.1) is 22.0 Å². The highest BCUT2D eigenvalue weighted by molar-refractivity contribution is 6.39. The van der Waals surface area contributed by atoms with Gasteiger partial charge in [0.25, 0.3) is 0 Å². The molecule has 2 aromatic heterocycles. The Morgan fingerprint density at radius 3 is 2.69 bits per heavy atom. The minimum absolute atomic E-state index is 0.290. The number of hydrogen-bond donors (Lipinski definition) is 1. The third-order valence-electron chi connectivity index (χ3n) is 3.30. The van der Waals surface area contributed by atoms with Crippen molar-refractivity contribution in [2.45, 2.75) is 6.92 Å². The topological polar surface area (TPSA) is 89.6 Å². The van der Waals surface area contributed by atoms with E-state index in [9.17, 15) is 4.79 Å². The molecular formula is C17H12Cl2N4O3. The number of carbonyl (C=O) groups is 1. The van der Waals surface area contributed by atoms with Gasteiger partial charge in [0.2, 0.25) is 0 Å². The molecule has 0 aliphatic carbocycles. The first-order valence-electron chi connectivity index (χ1n) is 7.39. The van der Waals surface area contributed by atoms with Crippen LogP contribution in [0.4, 0.5) is 10.5 Å². The number of hydrogen-bond acceptors (Lipinski definition) is 6. The third kappa shape index (κ3) is 4.01. The average molecular weight is 391 g/mol. The lowest BCUT2D eigenvalue weighted by molar-refractivity contribution is 0.167. The SMILES string of the molecule is Cc1onc(-c2c(Cl)cccc2Cl)c1NC(=O)ON=Cc1ccccn1. The lowest BCUT2D eigenvalue weighted by Gasteiger charge is -2.07. The van der Waals surface area contributed by atoms with Crippen LogP contribution < -0.4 is 5.32 Å². The molecule has 1 N–H and O–H groups in total. The quantitative estimate of drug-likeness (QED) is 0.387. The Balaban J connectivity index is 1.77. The minimum atomic E-state index is -0.826. The number of pyridine rings is 1. The van der Waals surface area contributed by atoms with Crippen molar-refractivity contribution >= 4 is 41.2 Å².